The summed E-state index contributed by atoms with van der Waals surface area (Å²) >= 11 is 0. The topological polar surface area (TPSA) is 30.5 Å². The van der Waals surface area contributed by atoms with Gasteiger partial charge >= 0.3 is 0 Å². The first-order chi connectivity index (χ1) is 7.38. The molecule has 1 aromatic carbocycles. The molecule has 1 aromatic rings. The molecule has 3 nitrogen and oxygen atoms in total. The molecule has 0 spiro atoms. The van der Waals surface area contributed by atoms with E-state index in [1.807, 2.05) is 24.3 Å². The lowest BCUT2D eigenvalue weighted by atomic mass is 10.3. The van der Waals surface area contributed by atoms with E-state index in [-0.39, 0.29) is 0 Å². The van der Waals surface area contributed by atoms with Gasteiger partial charge in [0, 0.05) is 0 Å². The van der Waals surface area contributed by atoms with Crippen molar-refractivity contribution in [3.63, 3.8) is 0 Å². The maximum absolute atomic E-state index is 5.57. The third-order valence-corrected chi connectivity index (χ3v) is 2.74. The second-order valence-electron chi connectivity index (χ2n) is 3.85. The molecule has 0 amide bonds. The van der Waals surface area contributed by atoms with E-state index < -0.39 is 0 Å². The van der Waals surface area contributed by atoms with Crippen LogP contribution in [0.2, 0.25) is 0 Å². The molecule has 82 valence electrons. The largest absolute Gasteiger partial charge is 0.497 e. The van der Waals surface area contributed by atoms with Crippen LogP contribution in [0.4, 0.5) is 5.69 Å². The molecule has 0 atom stereocenters. The van der Waals surface area contributed by atoms with Crippen LogP contribution in [-0.4, -0.2) is 13.2 Å². The van der Waals surface area contributed by atoms with Crippen molar-refractivity contribution in [2.75, 3.05) is 12.6 Å². The van der Waals surface area contributed by atoms with E-state index in [9.17, 15) is 0 Å². The van der Waals surface area contributed by atoms with E-state index >= 15 is 0 Å². The molecule has 15 heavy (non-hydrogen) atoms. The smallest absolute Gasteiger partial charge is 0.119 e. The molecular weight excluding hydrogens is 190 g/mol. The number of nitrogens with one attached hydrogen (secondary N) is 1. The molecule has 3 heteroatoms. The van der Waals surface area contributed by atoms with Crippen LogP contribution in [0.25, 0.3) is 0 Å². The normalized spacial score (nSPS) is 16.6. The lowest BCUT2D eigenvalue weighted by Gasteiger charge is -2.12. The zero-order valence-electron chi connectivity index (χ0n) is 9.03. The van der Waals surface area contributed by atoms with Gasteiger partial charge in [-0.25, -0.2) is 0 Å². The Morgan fingerprint density at radius 1 is 1.13 bits per heavy atom. The lowest BCUT2D eigenvalue weighted by molar-refractivity contribution is 0.106. The highest BCUT2D eigenvalue weighted by Crippen LogP contribution is 2.22. The Morgan fingerprint density at radius 2 is 1.80 bits per heavy atom. The van der Waals surface area contributed by atoms with Crippen molar-refractivity contribution in [3.8, 4) is 5.75 Å². The second kappa shape index (κ2) is 5.03. The molecule has 0 aliphatic heterocycles. The predicted molar refractivity (Wildman–Crippen MR) is 60.0 cm³/mol. The third-order valence-electron chi connectivity index (χ3n) is 2.74. The molecule has 1 aliphatic carbocycles. The number of methoxy groups -OCH3 is 1. The molecule has 0 radical (unpaired) electrons. The Morgan fingerprint density at radius 3 is 2.40 bits per heavy atom. The summed E-state index contributed by atoms with van der Waals surface area (Å²) in [5.74, 6) is 0.862. The summed E-state index contributed by atoms with van der Waals surface area (Å²) in [5.41, 5.74) is 3.96. The summed E-state index contributed by atoms with van der Waals surface area (Å²) in [6.45, 7) is 0. The molecule has 1 fully saturated rings. The molecule has 0 saturated heterocycles. The summed E-state index contributed by atoms with van der Waals surface area (Å²) < 4.78 is 5.08. The van der Waals surface area contributed by atoms with Crippen LogP contribution in [0.5, 0.6) is 5.75 Å². The molecule has 1 aliphatic rings. The number of ether oxygens (including phenoxy) is 1. The minimum Gasteiger partial charge on any atom is -0.497 e. The fourth-order valence-electron chi connectivity index (χ4n) is 1.82. The molecule has 1 saturated carbocycles. The Kier molecular flexibility index (Phi) is 3.45. The van der Waals surface area contributed by atoms with Crippen LogP contribution in [-0.2, 0) is 4.84 Å². The standard InChI is InChI=1S/C12H17NO2/c1-14-11-8-6-10(7-9-11)13-15-12-4-2-3-5-12/h6-9,12-13H,2-5H2,1H3. The maximum Gasteiger partial charge on any atom is 0.119 e. The summed E-state index contributed by atoms with van der Waals surface area (Å²) in [7, 11) is 1.66. The Labute approximate surface area is 90.3 Å². The van der Waals surface area contributed by atoms with Gasteiger partial charge in [-0.05, 0) is 37.1 Å². The van der Waals surface area contributed by atoms with Crippen LogP contribution < -0.4 is 10.2 Å². The Hall–Kier alpha value is -1.22. The van der Waals surface area contributed by atoms with Crippen LogP contribution >= 0.6 is 0 Å². The number of benzene rings is 1. The Bertz CT molecular complexity index is 291. The van der Waals surface area contributed by atoms with Crippen molar-refractivity contribution in [1.82, 2.24) is 0 Å². The van der Waals surface area contributed by atoms with Gasteiger partial charge in [0.15, 0.2) is 0 Å². The quantitative estimate of drug-likeness (QED) is 0.770. The van der Waals surface area contributed by atoms with Gasteiger partial charge in [-0.2, -0.15) is 0 Å². The van der Waals surface area contributed by atoms with Crippen LogP contribution in [0.1, 0.15) is 25.7 Å². The monoisotopic (exact) mass is 207 g/mol. The first-order valence-corrected chi connectivity index (χ1v) is 5.44. The van der Waals surface area contributed by atoms with Crippen molar-refractivity contribution in [2.45, 2.75) is 31.8 Å². The predicted octanol–water partition coefficient (Wildman–Crippen LogP) is 2.98. The highest BCUT2D eigenvalue weighted by Gasteiger charge is 2.15. The zero-order chi connectivity index (χ0) is 10.5. The number of rotatable bonds is 4. The van der Waals surface area contributed by atoms with Gasteiger partial charge in [-0.1, -0.05) is 12.8 Å². The average Bonchev–Trinajstić information content (AvgIpc) is 2.80. The van der Waals surface area contributed by atoms with Gasteiger partial charge in [-0.3, -0.25) is 10.3 Å². The van der Waals surface area contributed by atoms with Crippen LogP contribution in [0.15, 0.2) is 24.3 Å². The summed E-state index contributed by atoms with van der Waals surface area (Å²) in [5, 5.41) is 0. The molecule has 0 unspecified atom stereocenters. The fraction of sp³-hybridized carbons (Fsp3) is 0.500. The first-order valence-electron chi connectivity index (χ1n) is 5.44. The fourth-order valence-corrected chi connectivity index (χ4v) is 1.82. The molecule has 2 rings (SSSR count). The molecular formula is C12H17NO2. The summed E-state index contributed by atoms with van der Waals surface area (Å²) in [4.78, 5) is 5.57. The van der Waals surface area contributed by atoms with Crippen LogP contribution in [0, 0.1) is 0 Å². The van der Waals surface area contributed by atoms with Gasteiger partial charge in [-0.15, -0.1) is 0 Å². The number of anilines is 1. The third kappa shape index (κ3) is 2.86. The van der Waals surface area contributed by atoms with Gasteiger partial charge in [0.1, 0.15) is 5.75 Å². The van der Waals surface area contributed by atoms with Gasteiger partial charge in [0.2, 0.25) is 0 Å². The maximum atomic E-state index is 5.57. The second-order valence-corrected chi connectivity index (χ2v) is 3.85. The van der Waals surface area contributed by atoms with Crippen LogP contribution in [0.3, 0.4) is 0 Å². The minimum absolute atomic E-state index is 0.382. The van der Waals surface area contributed by atoms with Crippen molar-refractivity contribution < 1.29 is 9.57 Å². The molecule has 0 heterocycles. The van der Waals surface area contributed by atoms with E-state index in [4.69, 9.17) is 9.57 Å². The van der Waals surface area contributed by atoms with E-state index in [1.54, 1.807) is 7.11 Å². The summed E-state index contributed by atoms with van der Waals surface area (Å²) in [6, 6.07) is 7.74. The van der Waals surface area contributed by atoms with Gasteiger partial charge in [0.25, 0.3) is 0 Å². The minimum atomic E-state index is 0.382. The van der Waals surface area contributed by atoms with E-state index in [1.165, 1.54) is 25.7 Å². The first kappa shape index (κ1) is 10.3. The van der Waals surface area contributed by atoms with Crippen molar-refractivity contribution >= 4 is 5.69 Å². The SMILES string of the molecule is COc1ccc(NOC2CCCC2)cc1. The van der Waals surface area contributed by atoms with Crippen molar-refractivity contribution in [2.24, 2.45) is 0 Å². The van der Waals surface area contributed by atoms with E-state index in [2.05, 4.69) is 5.48 Å². The van der Waals surface area contributed by atoms with Gasteiger partial charge in [0.05, 0.1) is 18.9 Å². The number of hydrogen-bond donors (Lipinski definition) is 1. The van der Waals surface area contributed by atoms with E-state index in [0.717, 1.165) is 11.4 Å². The molecule has 0 bridgehead atoms. The van der Waals surface area contributed by atoms with Crippen molar-refractivity contribution in [3.05, 3.63) is 24.3 Å². The Balaban J connectivity index is 1.82. The van der Waals surface area contributed by atoms with E-state index in [0.29, 0.717) is 6.10 Å². The highest BCUT2D eigenvalue weighted by molar-refractivity contribution is 5.44. The van der Waals surface area contributed by atoms with Crippen molar-refractivity contribution in [1.29, 1.82) is 0 Å². The average molecular weight is 207 g/mol. The zero-order valence-corrected chi connectivity index (χ0v) is 9.03. The molecule has 0 aromatic heterocycles. The highest BCUT2D eigenvalue weighted by atomic mass is 16.7. The van der Waals surface area contributed by atoms with Gasteiger partial charge < -0.3 is 4.74 Å². The molecule has 1 N–H and O–H groups in total. The summed E-state index contributed by atoms with van der Waals surface area (Å²) in [6.07, 6.45) is 5.29. The number of hydrogen-bond acceptors (Lipinski definition) is 3. The lowest BCUT2D eigenvalue weighted by Crippen LogP contribution is -2.12.